The van der Waals surface area contributed by atoms with Gasteiger partial charge in [-0.1, -0.05) is 81.4 Å². The van der Waals surface area contributed by atoms with Crippen molar-refractivity contribution < 1.29 is 19.1 Å². The van der Waals surface area contributed by atoms with Crippen LogP contribution in [-0.4, -0.2) is 54.8 Å². The van der Waals surface area contributed by atoms with Gasteiger partial charge in [0.2, 0.25) is 0 Å². The summed E-state index contributed by atoms with van der Waals surface area (Å²) in [4.78, 5) is 14.7. The Hall–Kier alpha value is -2.15. The molecule has 1 aliphatic heterocycles. The average Bonchev–Trinajstić information content (AvgIpc) is 2.78. The van der Waals surface area contributed by atoms with Gasteiger partial charge in [0.1, 0.15) is 5.60 Å². The Morgan fingerprint density at radius 3 is 1.83 bits per heavy atom. The van der Waals surface area contributed by atoms with Crippen molar-refractivity contribution in [3.8, 4) is 0 Å². The van der Waals surface area contributed by atoms with Crippen molar-refractivity contribution in [3.63, 3.8) is 0 Å². The van der Waals surface area contributed by atoms with E-state index in [1.807, 2.05) is 20.8 Å². The summed E-state index contributed by atoms with van der Waals surface area (Å²) in [5.41, 5.74) is -1.63. The molecule has 0 spiro atoms. The third kappa shape index (κ3) is 6.39. The molecule has 1 heterocycles. The van der Waals surface area contributed by atoms with Gasteiger partial charge in [0, 0.05) is 13.2 Å². The Bertz CT molecular complexity index is 950. The van der Waals surface area contributed by atoms with Crippen LogP contribution in [0.5, 0.6) is 0 Å². The summed E-state index contributed by atoms with van der Waals surface area (Å²) in [6, 6.07) is 21.0. The van der Waals surface area contributed by atoms with Crippen molar-refractivity contribution in [1.82, 2.24) is 4.90 Å². The van der Waals surface area contributed by atoms with Gasteiger partial charge in [0.05, 0.1) is 11.6 Å². The molecule has 0 aliphatic carbocycles. The minimum Gasteiger partial charge on any atom is -0.444 e. The number of likely N-dealkylation sites (tertiary alicyclic amines) is 1. The molecule has 0 bridgehead atoms. The zero-order chi connectivity index (χ0) is 26.8. The highest BCUT2D eigenvalue weighted by Crippen LogP contribution is 2.38. The lowest BCUT2D eigenvalue weighted by atomic mass is 9.83. The number of benzene rings is 2. The minimum absolute atomic E-state index is 0.0947. The molecule has 6 heteroatoms. The Labute approximate surface area is 218 Å². The maximum absolute atomic E-state index is 13.0. The number of hydrogen-bond acceptors (Lipinski definition) is 4. The zero-order valence-corrected chi connectivity index (χ0v) is 24.4. The highest BCUT2D eigenvalue weighted by atomic mass is 28.4. The van der Waals surface area contributed by atoms with Crippen LogP contribution in [0.4, 0.5) is 4.79 Å². The first kappa shape index (κ1) is 28.4. The maximum atomic E-state index is 13.0. The van der Waals surface area contributed by atoms with Gasteiger partial charge in [-0.25, -0.2) is 4.79 Å². The van der Waals surface area contributed by atoms with Crippen LogP contribution in [0.2, 0.25) is 5.04 Å². The standard InChI is InChI=1S/C30H45NO4Si/c1-28(2,3)35-27(32)31-20-19-23(21-26(31)30(7,8)33)22-34-36(29(4,5)6,24-15-11-9-12-16-24)25-17-13-10-14-18-25/h9-18,23,26,33H,19-22H2,1-8H3. The van der Waals surface area contributed by atoms with E-state index in [-0.39, 0.29) is 23.1 Å². The van der Waals surface area contributed by atoms with E-state index in [1.165, 1.54) is 10.4 Å². The molecule has 0 saturated carbocycles. The first-order chi connectivity index (χ1) is 16.6. The summed E-state index contributed by atoms with van der Waals surface area (Å²) < 4.78 is 12.8. The molecule has 0 radical (unpaired) electrons. The van der Waals surface area contributed by atoms with Crippen molar-refractivity contribution in [3.05, 3.63) is 60.7 Å². The summed E-state index contributed by atoms with van der Waals surface area (Å²) in [6.07, 6.45) is 1.12. The van der Waals surface area contributed by atoms with Crippen LogP contribution in [-0.2, 0) is 9.16 Å². The lowest BCUT2D eigenvalue weighted by Crippen LogP contribution is -2.67. The summed E-state index contributed by atoms with van der Waals surface area (Å²) in [5, 5.41) is 13.4. The Morgan fingerprint density at radius 2 is 1.42 bits per heavy atom. The van der Waals surface area contributed by atoms with Crippen LogP contribution >= 0.6 is 0 Å². The monoisotopic (exact) mass is 511 g/mol. The second kappa shape index (κ2) is 10.7. The molecule has 1 fully saturated rings. The first-order valence-electron chi connectivity index (χ1n) is 13.1. The van der Waals surface area contributed by atoms with Gasteiger partial charge in [-0.05, 0) is 68.8 Å². The first-order valence-corrected chi connectivity index (χ1v) is 15.0. The normalized spacial score (nSPS) is 19.8. The number of rotatable bonds is 6. The van der Waals surface area contributed by atoms with Gasteiger partial charge in [0.25, 0.3) is 8.32 Å². The number of hydrogen-bond donors (Lipinski definition) is 1. The van der Waals surface area contributed by atoms with Gasteiger partial charge < -0.3 is 19.2 Å². The molecular weight excluding hydrogens is 466 g/mol. The third-order valence-corrected chi connectivity index (χ3v) is 12.1. The van der Waals surface area contributed by atoms with E-state index in [1.54, 1.807) is 18.7 Å². The molecule has 198 valence electrons. The molecule has 2 aromatic rings. The smallest absolute Gasteiger partial charge is 0.410 e. The quantitative estimate of drug-likeness (QED) is 0.531. The predicted octanol–water partition coefficient (Wildman–Crippen LogP) is 5.35. The molecule has 1 amide bonds. The molecule has 2 unspecified atom stereocenters. The van der Waals surface area contributed by atoms with E-state index in [0.29, 0.717) is 19.6 Å². The summed E-state index contributed by atoms with van der Waals surface area (Å²) >= 11 is 0. The molecule has 3 rings (SSSR count). The molecule has 2 aromatic carbocycles. The van der Waals surface area contributed by atoms with Gasteiger partial charge >= 0.3 is 6.09 Å². The summed E-state index contributed by atoms with van der Waals surface area (Å²) in [7, 11) is -2.64. The largest absolute Gasteiger partial charge is 0.444 e. The molecule has 36 heavy (non-hydrogen) atoms. The number of amides is 1. The summed E-state index contributed by atoms with van der Waals surface area (Å²) in [5.74, 6) is 0.224. The Morgan fingerprint density at radius 1 is 0.917 bits per heavy atom. The van der Waals surface area contributed by atoms with Crippen LogP contribution in [0.25, 0.3) is 0 Å². The topological polar surface area (TPSA) is 59.0 Å². The molecule has 2 atom stereocenters. The van der Waals surface area contributed by atoms with Crippen molar-refractivity contribution >= 4 is 24.8 Å². The molecule has 0 aromatic heterocycles. The lowest BCUT2D eigenvalue weighted by molar-refractivity contribution is -0.0617. The van der Waals surface area contributed by atoms with E-state index in [2.05, 4.69) is 81.4 Å². The molecule has 1 N–H and O–H groups in total. The van der Waals surface area contributed by atoms with Gasteiger partial charge in [-0.3, -0.25) is 0 Å². The number of ether oxygens (including phenoxy) is 1. The predicted molar refractivity (Wildman–Crippen MR) is 149 cm³/mol. The fourth-order valence-corrected chi connectivity index (χ4v) is 10.0. The summed E-state index contributed by atoms with van der Waals surface area (Å²) in [6.45, 7) is 17.1. The van der Waals surface area contributed by atoms with Crippen molar-refractivity contribution in [2.75, 3.05) is 13.2 Å². The average molecular weight is 512 g/mol. The lowest BCUT2D eigenvalue weighted by Gasteiger charge is -2.47. The molecule has 5 nitrogen and oxygen atoms in total. The van der Waals surface area contributed by atoms with E-state index >= 15 is 0 Å². The van der Waals surface area contributed by atoms with Crippen LogP contribution in [0.15, 0.2) is 60.7 Å². The second-order valence-electron chi connectivity index (χ2n) is 12.7. The van der Waals surface area contributed by atoms with Crippen molar-refractivity contribution in [2.24, 2.45) is 5.92 Å². The zero-order valence-electron chi connectivity index (χ0n) is 23.4. The van der Waals surface area contributed by atoms with E-state index in [9.17, 15) is 9.90 Å². The van der Waals surface area contributed by atoms with E-state index < -0.39 is 19.5 Å². The number of piperidine rings is 1. The van der Waals surface area contributed by atoms with Crippen molar-refractivity contribution in [2.45, 2.75) is 90.5 Å². The van der Waals surface area contributed by atoms with Gasteiger partial charge in [-0.2, -0.15) is 0 Å². The molecule has 1 aliphatic rings. The Balaban J connectivity index is 1.90. The number of nitrogens with zero attached hydrogens (tertiary/aromatic N) is 1. The van der Waals surface area contributed by atoms with E-state index in [4.69, 9.17) is 9.16 Å². The third-order valence-electron chi connectivity index (χ3n) is 7.11. The van der Waals surface area contributed by atoms with Gasteiger partial charge in [0.15, 0.2) is 0 Å². The van der Waals surface area contributed by atoms with E-state index in [0.717, 1.165) is 6.42 Å². The Kier molecular flexibility index (Phi) is 8.43. The number of aliphatic hydroxyl groups is 1. The highest BCUT2D eigenvalue weighted by molar-refractivity contribution is 6.99. The minimum atomic E-state index is -2.64. The molecule has 1 saturated heterocycles. The maximum Gasteiger partial charge on any atom is 0.410 e. The van der Waals surface area contributed by atoms with Crippen LogP contribution < -0.4 is 10.4 Å². The SMILES string of the molecule is CC(C)(C)OC(=O)N1CCC(CO[Si](c2ccccc2)(c2ccccc2)C(C)(C)C)CC1C(C)(C)O. The second-order valence-corrected chi connectivity index (χ2v) is 17.0. The van der Waals surface area contributed by atoms with Crippen LogP contribution in [0, 0.1) is 5.92 Å². The highest BCUT2D eigenvalue weighted by Gasteiger charge is 2.51. The van der Waals surface area contributed by atoms with Crippen LogP contribution in [0.3, 0.4) is 0 Å². The molecular formula is C30H45NO4Si. The fraction of sp³-hybridized carbons (Fsp3) is 0.567. The van der Waals surface area contributed by atoms with Crippen LogP contribution in [0.1, 0.15) is 68.2 Å². The van der Waals surface area contributed by atoms with Gasteiger partial charge in [-0.15, -0.1) is 0 Å². The fourth-order valence-electron chi connectivity index (χ4n) is 5.40. The van der Waals surface area contributed by atoms with Crippen molar-refractivity contribution in [1.29, 1.82) is 0 Å². The number of carbonyl (C=O) groups excluding carboxylic acids is 1. The number of carbonyl (C=O) groups is 1.